The number of pyridine rings is 2. The summed E-state index contributed by atoms with van der Waals surface area (Å²) in [6.07, 6.45) is 3.33. The number of guanidine groups is 1. The number of anilines is 2. The van der Waals surface area contributed by atoms with Gasteiger partial charge in [-0.05, 0) is 48.9 Å². The van der Waals surface area contributed by atoms with E-state index in [4.69, 9.17) is 27.9 Å². The molecule has 28 heavy (non-hydrogen) atoms. The third kappa shape index (κ3) is 4.91. The Bertz CT molecular complexity index is 995. The summed E-state index contributed by atoms with van der Waals surface area (Å²) in [7, 11) is 3.56. The summed E-state index contributed by atoms with van der Waals surface area (Å²) >= 11 is 12.1. The Morgan fingerprint density at radius 2 is 1.96 bits per heavy atom. The molecule has 0 unspecified atom stereocenters. The molecule has 0 saturated heterocycles. The molecule has 0 aliphatic heterocycles. The highest BCUT2D eigenvalue weighted by atomic mass is 35.5. The summed E-state index contributed by atoms with van der Waals surface area (Å²) in [6.45, 7) is 1.98. The number of benzene rings is 1. The van der Waals surface area contributed by atoms with E-state index in [0.29, 0.717) is 33.5 Å². The number of nitrogens with one attached hydrogen (secondary N) is 1. The van der Waals surface area contributed by atoms with E-state index in [0.717, 1.165) is 11.3 Å². The first kappa shape index (κ1) is 19.9. The van der Waals surface area contributed by atoms with Crippen LogP contribution in [0.15, 0.2) is 59.9 Å². The quantitative estimate of drug-likeness (QED) is 0.455. The Kier molecular flexibility index (Phi) is 6.34. The average Bonchev–Trinajstić information content (AvgIpc) is 2.68. The molecule has 3 rings (SSSR count). The molecule has 0 aliphatic rings. The molecule has 0 fully saturated rings. The maximum atomic E-state index is 6.10. The average molecular weight is 416 g/mol. The molecule has 0 spiro atoms. The second kappa shape index (κ2) is 8.91. The highest BCUT2D eigenvalue weighted by Crippen LogP contribution is 2.26. The Hall–Kier alpha value is -2.83. The van der Waals surface area contributed by atoms with E-state index in [-0.39, 0.29) is 0 Å². The van der Waals surface area contributed by atoms with Gasteiger partial charge in [-0.15, -0.1) is 0 Å². The zero-order chi connectivity index (χ0) is 20.1. The number of hydrogen-bond donors (Lipinski definition) is 1. The van der Waals surface area contributed by atoms with Crippen LogP contribution in [0, 0.1) is 6.92 Å². The van der Waals surface area contributed by atoms with Crippen molar-refractivity contribution >= 4 is 40.7 Å². The van der Waals surface area contributed by atoms with Crippen molar-refractivity contribution in [2.45, 2.75) is 6.92 Å². The van der Waals surface area contributed by atoms with Gasteiger partial charge in [0.1, 0.15) is 11.6 Å². The van der Waals surface area contributed by atoms with Crippen molar-refractivity contribution in [1.29, 1.82) is 0 Å². The number of ether oxygens (including phenoxy) is 1. The number of aryl methyl sites for hydroxylation is 1. The lowest BCUT2D eigenvalue weighted by atomic mass is 10.3. The van der Waals surface area contributed by atoms with E-state index in [1.807, 2.05) is 43.1 Å². The van der Waals surface area contributed by atoms with Crippen molar-refractivity contribution in [2.75, 3.05) is 24.3 Å². The van der Waals surface area contributed by atoms with E-state index in [1.54, 1.807) is 37.6 Å². The molecule has 6 nitrogen and oxygen atoms in total. The zero-order valence-corrected chi connectivity index (χ0v) is 17.2. The van der Waals surface area contributed by atoms with Crippen molar-refractivity contribution in [1.82, 2.24) is 9.97 Å². The van der Waals surface area contributed by atoms with E-state index < -0.39 is 0 Å². The summed E-state index contributed by atoms with van der Waals surface area (Å²) in [5.41, 5.74) is 1.77. The largest absolute Gasteiger partial charge is 0.437 e. The van der Waals surface area contributed by atoms with Crippen LogP contribution in [0.4, 0.5) is 11.5 Å². The minimum atomic E-state index is 0.464. The first-order chi connectivity index (χ1) is 13.5. The fourth-order valence-electron chi connectivity index (χ4n) is 2.47. The third-order valence-electron chi connectivity index (χ3n) is 3.84. The molecular formula is C20H19Cl2N5O. The van der Waals surface area contributed by atoms with E-state index in [9.17, 15) is 0 Å². The molecule has 0 aliphatic carbocycles. The summed E-state index contributed by atoms with van der Waals surface area (Å²) < 4.78 is 5.82. The number of aliphatic imine (C=N–C) groups is 1. The van der Waals surface area contributed by atoms with Crippen LogP contribution in [0.2, 0.25) is 10.0 Å². The number of rotatable bonds is 4. The lowest BCUT2D eigenvalue weighted by Crippen LogP contribution is -2.33. The molecule has 3 aromatic rings. The molecule has 0 bridgehead atoms. The van der Waals surface area contributed by atoms with Gasteiger partial charge in [0.25, 0.3) is 0 Å². The van der Waals surface area contributed by atoms with Gasteiger partial charge in [-0.3, -0.25) is 14.9 Å². The first-order valence-corrected chi connectivity index (χ1v) is 9.21. The Morgan fingerprint density at radius 3 is 2.64 bits per heavy atom. The normalized spacial score (nSPS) is 11.2. The SMILES string of the molecule is C/N=C(/Nc1ccc(Cl)c(Cl)c1)N(C)c1cc(C)cc(Oc2cccnc2)n1. The predicted octanol–water partition coefficient (Wildman–Crippen LogP) is 5.42. The van der Waals surface area contributed by atoms with E-state index in [2.05, 4.69) is 20.3 Å². The summed E-state index contributed by atoms with van der Waals surface area (Å²) in [5, 5.41) is 4.18. The maximum absolute atomic E-state index is 6.10. The van der Waals surface area contributed by atoms with Crippen LogP contribution in [0.1, 0.15) is 5.56 Å². The minimum Gasteiger partial charge on any atom is -0.437 e. The smallest absolute Gasteiger partial charge is 0.221 e. The van der Waals surface area contributed by atoms with Crippen molar-refractivity contribution in [3.8, 4) is 11.6 Å². The Balaban J connectivity index is 1.83. The third-order valence-corrected chi connectivity index (χ3v) is 4.58. The molecule has 0 amide bonds. The molecule has 0 radical (unpaired) electrons. The summed E-state index contributed by atoms with van der Waals surface area (Å²) in [4.78, 5) is 14.8. The van der Waals surface area contributed by atoms with Crippen LogP contribution >= 0.6 is 23.2 Å². The van der Waals surface area contributed by atoms with Gasteiger partial charge >= 0.3 is 0 Å². The van der Waals surface area contributed by atoms with Crippen LogP contribution in [-0.4, -0.2) is 30.0 Å². The van der Waals surface area contributed by atoms with Gasteiger partial charge in [0.05, 0.1) is 16.2 Å². The van der Waals surface area contributed by atoms with Gasteiger partial charge < -0.3 is 10.1 Å². The minimum absolute atomic E-state index is 0.464. The molecule has 144 valence electrons. The van der Waals surface area contributed by atoms with Crippen LogP contribution in [-0.2, 0) is 0 Å². The molecular weight excluding hydrogens is 397 g/mol. The van der Waals surface area contributed by atoms with Crippen molar-refractivity contribution in [3.63, 3.8) is 0 Å². The lowest BCUT2D eigenvalue weighted by Gasteiger charge is -2.22. The molecule has 2 aromatic heterocycles. The highest BCUT2D eigenvalue weighted by Gasteiger charge is 2.13. The van der Waals surface area contributed by atoms with Gasteiger partial charge in [-0.2, -0.15) is 4.98 Å². The summed E-state index contributed by atoms with van der Waals surface area (Å²) in [6, 6.07) is 12.7. The fourth-order valence-corrected chi connectivity index (χ4v) is 2.77. The molecule has 1 N–H and O–H groups in total. The standard InChI is InChI=1S/C20H19Cl2N5O/c1-13-9-18(26-19(10-13)28-15-5-4-8-24-12-15)27(3)20(23-2)25-14-6-7-16(21)17(22)11-14/h4-12H,1-3H3,(H,23,25). The number of hydrogen-bond acceptors (Lipinski definition) is 4. The van der Waals surface area contributed by atoms with Crippen molar-refractivity contribution in [3.05, 3.63) is 70.5 Å². The van der Waals surface area contributed by atoms with Gasteiger partial charge in [0, 0.05) is 32.0 Å². The summed E-state index contributed by atoms with van der Waals surface area (Å²) in [5.74, 6) is 2.35. The lowest BCUT2D eigenvalue weighted by molar-refractivity contribution is 0.461. The van der Waals surface area contributed by atoms with E-state index in [1.165, 1.54) is 0 Å². The van der Waals surface area contributed by atoms with E-state index >= 15 is 0 Å². The van der Waals surface area contributed by atoms with Gasteiger partial charge in [-0.1, -0.05) is 23.2 Å². The van der Waals surface area contributed by atoms with Crippen LogP contribution in [0.5, 0.6) is 11.6 Å². The highest BCUT2D eigenvalue weighted by molar-refractivity contribution is 6.42. The van der Waals surface area contributed by atoms with Gasteiger partial charge in [-0.25, -0.2) is 0 Å². The molecule has 2 heterocycles. The van der Waals surface area contributed by atoms with Crippen molar-refractivity contribution < 1.29 is 4.74 Å². The topological polar surface area (TPSA) is 62.6 Å². The number of aromatic nitrogens is 2. The second-order valence-electron chi connectivity index (χ2n) is 5.99. The molecule has 0 atom stereocenters. The van der Waals surface area contributed by atoms with Crippen LogP contribution in [0.25, 0.3) is 0 Å². The van der Waals surface area contributed by atoms with Crippen LogP contribution in [0.3, 0.4) is 0 Å². The predicted molar refractivity (Wildman–Crippen MR) is 115 cm³/mol. The first-order valence-electron chi connectivity index (χ1n) is 8.45. The van der Waals surface area contributed by atoms with Gasteiger partial charge in [0.15, 0.2) is 0 Å². The Morgan fingerprint density at radius 1 is 1.14 bits per heavy atom. The second-order valence-corrected chi connectivity index (χ2v) is 6.81. The Labute approximate surface area is 173 Å². The molecule has 1 aromatic carbocycles. The molecule has 0 saturated carbocycles. The maximum Gasteiger partial charge on any atom is 0.221 e. The number of halogens is 2. The number of nitrogens with zero attached hydrogens (tertiary/aromatic N) is 4. The monoisotopic (exact) mass is 415 g/mol. The van der Waals surface area contributed by atoms with Crippen molar-refractivity contribution in [2.24, 2.45) is 4.99 Å². The fraction of sp³-hybridized carbons (Fsp3) is 0.150. The zero-order valence-electron chi connectivity index (χ0n) is 15.6. The van der Waals surface area contributed by atoms with Crippen LogP contribution < -0.4 is 15.0 Å². The van der Waals surface area contributed by atoms with Gasteiger partial charge in [0.2, 0.25) is 11.8 Å². The molecule has 8 heteroatoms.